The summed E-state index contributed by atoms with van der Waals surface area (Å²) >= 11 is 0. The molecule has 0 aromatic carbocycles. The van der Waals surface area contributed by atoms with Gasteiger partial charge < -0.3 is 10.4 Å². The summed E-state index contributed by atoms with van der Waals surface area (Å²) < 4.78 is 96.3. The van der Waals surface area contributed by atoms with Crippen LogP contribution in [0.4, 0.5) is 0 Å². The third-order valence-electron chi connectivity index (χ3n) is 9.87. The van der Waals surface area contributed by atoms with Crippen molar-refractivity contribution < 1.29 is 33.8 Å². The second-order valence-corrected chi connectivity index (χ2v) is 12.6. The largest absolute Gasteiger partial charge is 0.393 e. The van der Waals surface area contributed by atoms with E-state index in [1.165, 1.54) is 0 Å². The first-order valence-corrected chi connectivity index (χ1v) is 13.8. The highest BCUT2D eigenvalue weighted by atomic mass is 32.2. The minimum atomic E-state index is -5.42. The minimum absolute atomic E-state index is 0.0243. The normalized spacial score (nSPS) is 51.3. The molecule has 0 aromatic heterocycles. The Morgan fingerprint density at radius 3 is 2.61 bits per heavy atom. The lowest BCUT2D eigenvalue weighted by Crippen LogP contribution is -2.54. The van der Waals surface area contributed by atoms with E-state index in [0.29, 0.717) is 24.7 Å². The Hall–Kier alpha value is -0.660. The smallest absolute Gasteiger partial charge is 0.266 e. The van der Waals surface area contributed by atoms with Crippen molar-refractivity contribution in [3.8, 4) is 0 Å². The number of rotatable bonds is 7. The summed E-state index contributed by atoms with van der Waals surface area (Å²) in [6, 6.07) is 0. The topological polar surface area (TPSA) is 104 Å². The van der Waals surface area contributed by atoms with Gasteiger partial charge in [-0.1, -0.05) is 20.8 Å². The molecule has 0 aromatic rings. The predicted octanol–water partition coefficient (Wildman–Crippen LogP) is 4.43. The fraction of sp³-hybridized carbons (Fsp3) is 0.962. The van der Waals surface area contributed by atoms with Gasteiger partial charge in [-0.15, -0.1) is 0 Å². The molecule has 0 heterocycles. The van der Waals surface area contributed by atoms with E-state index in [1.54, 1.807) is 5.32 Å². The van der Waals surface area contributed by atoms with Crippen LogP contribution in [0.15, 0.2) is 0 Å². The van der Waals surface area contributed by atoms with Gasteiger partial charge in [0.1, 0.15) is 0 Å². The van der Waals surface area contributed by atoms with Gasteiger partial charge in [-0.3, -0.25) is 9.35 Å². The van der Waals surface area contributed by atoms with Crippen molar-refractivity contribution in [3.05, 3.63) is 0 Å². The van der Waals surface area contributed by atoms with Gasteiger partial charge in [-0.25, -0.2) is 0 Å². The Bertz CT molecular complexity index is 1150. The molecule has 0 unspecified atom stereocenters. The fourth-order valence-electron chi connectivity index (χ4n) is 8.31. The lowest BCUT2D eigenvalue weighted by atomic mass is 9.44. The molecule has 0 saturated heterocycles. The van der Waals surface area contributed by atoms with Crippen LogP contribution in [0.2, 0.25) is 0 Å². The maximum atomic E-state index is 12.5. The molecular formula is C26H45NO5S. The summed E-state index contributed by atoms with van der Waals surface area (Å²) in [6.45, 7) is 3.06. The number of amides is 1. The van der Waals surface area contributed by atoms with Gasteiger partial charge in [0.15, 0.2) is 0 Å². The molecule has 4 aliphatic carbocycles. The summed E-state index contributed by atoms with van der Waals surface area (Å²) in [5.41, 5.74) is -4.29. The van der Waals surface area contributed by atoms with Crippen LogP contribution in [0.5, 0.6) is 0 Å². The van der Waals surface area contributed by atoms with Gasteiger partial charge in [0.05, 0.1) is 14.6 Å². The Labute approximate surface area is 211 Å². The molecule has 4 rings (SSSR count). The molecule has 0 spiro atoms. The number of fused-ring (bicyclic) bond motifs is 5. The van der Waals surface area contributed by atoms with E-state index in [1.807, 2.05) is 13.8 Å². The minimum Gasteiger partial charge on any atom is -0.393 e. The van der Waals surface area contributed by atoms with Gasteiger partial charge in [-0.05, 0) is 110 Å². The van der Waals surface area contributed by atoms with Crippen LogP contribution < -0.4 is 5.32 Å². The van der Waals surface area contributed by atoms with Crippen LogP contribution in [-0.2, 0) is 14.9 Å². The van der Waals surface area contributed by atoms with E-state index >= 15 is 0 Å². The molecule has 0 bridgehead atoms. The van der Waals surface area contributed by atoms with Crippen molar-refractivity contribution in [2.75, 3.05) is 12.2 Å². The molecule has 9 atom stereocenters. The quantitative estimate of drug-likeness (QED) is 0.457. The number of hydrogen-bond donors (Lipinski definition) is 3. The first-order valence-electron chi connectivity index (χ1n) is 16.4. The summed E-state index contributed by atoms with van der Waals surface area (Å²) in [5.74, 6) is -0.0196. The van der Waals surface area contributed by atoms with Gasteiger partial charge in [0, 0.05) is 21.1 Å². The van der Waals surface area contributed by atoms with Crippen molar-refractivity contribution in [2.45, 2.75) is 97.4 Å². The molecule has 4 fully saturated rings. The number of hydrogen-bond acceptors (Lipinski definition) is 4. The van der Waals surface area contributed by atoms with Gasteiger partial charge in [0.2, 0.25) is 5.91 Å². The average molecular weight is 492 g/mol. The first-order chi connectivity index (χ1) is 18.4. The van der Waals surface area contributed by atoms with E-state index in [2.05, 4.69) is 6.92 Å². The number of nitrogens with one attached hydrogen (secondary N) is 1. The van der Waals surface area contributed by atoms with Crippen molar-refractivity contribution in [1.29, 1.82) is 0 Å². The van der Waals surface area contributed by atoms with Crippen LogP contribution in [0.3, 0.4) is 0 Å². The third kappa shape index (κ3) is 5.02. The molecule has 33 heavy (non-hydrogen) atoms. The Morgan fingerprint density at radius 2 is 1.88 bits per heavy atom. The first kappa shape index (κ1) is 16.9. The molecule has 0 radical (unpaired) electrons. The standard InChI is InChI=1S/C26H45NO5S/c1-17(4-9-24(29)27-14-15-33(30,31)32)21-7-8-22-20-6-5-18-16-19(28)10-12-25(18,2)23(20)11-13-26(21,22)3/h17-23,28H,4-16H2,1-3H3,(H,27,29)(H,30,31,32)/t17-,18-,19-,20+,21-,22+,23+,25+,26-/m1/s1/i10D2,14D2,15D2,16D2. The van der Waals surface area contributed by atoms with E-state index < -0.39 is 58.4 Å². The van der Waals surface area contributed by atoms with Crippen molar-refractivity contribution in [1.82, 2.24) is 5.32 Å². The zero-order chi connectivity index (χ0) is 31.2. The number of carbonyl (C=O) groups excluding carboxylic acids is 1. The highest BCUT2D eigenvalue weighted by Gasteiger charge is 2.60. The van der Waals surface area contributed by atoms with Crippen molar-refractivity contribution in [2.24, 2.45) is 46.3 Å². The highest BCUT2D eigenvalue weighted by Crippen LogP contribution is 2.68. The molecule has 7 heteroatoms. The van der Waals surface area contributed by atoms with Crippen molar-refractivity contribution >= 4 is 16.0 Å². The van der Waals surface area contributed by atoms with Crippen LogP contribution >= 0.6 is 0 Å². The highest BCUT2D eigenvalue weighted by molar-refractivity contribution is 7.85. The molecule has 0 aliphatic heterocycles. The number of aliphatic hydroxyl groups is 1. The van der Waals surface area contributed by atoms with Crippen LogP contribution in [-0.4, -0.2) is 42.3 Å². The van der Waals surface area contributed by atoms with Gasteiger partial charge in [-0.2, -0.15) is 8.42 Å². The molecule has 4 saturated carbocycles. The van der Waals surface area contributed by atoms with E-state index in [9.17, 15) is 18.3 Å². The lowest BCUT2D eigenvalue weighted by Gasteiger charge is -2.61. The Kier molecular flexibility index (Phi) is 4.83. The Balaban J connectivity index is 1.44. The second-order valence-electron chi connectivity index (χ2n) is 11.5. The average Bonchev–Trinajstić information content (AvgIpc) is 3.17. The SMILES string of the molecule is [2H]C1([2H])C[C@@]2(C)[C@H](CC[C@@H]3[C@@H]2CC[C@]2(C)[C@@H]([C@H](C)CCC(=O)NC([2H])([2H])C([2H])([2H])S(=O)(=O)O)CC[C@@H]32)C([2H])([2H])[C@@H]1O. The molecule has 6 nitrogen and oxygen atoms in total. The van der Waals surface area contributed by atoms with E-state index in [0.717, 1.165) is 32.1 Å². The molecule has 1 amide bonds. The van der Waals surface area contributed by atoms with Crippen molar-refractivity contribution in [3.63, 3.8) is 0 Å². The molecule has 4 aliphatic rings. The van der Waals surface area contributed by atoms with Gasteiger partial charge >= 0.3 is 0 Å². The fourth-order valence-corrected chi connectivity index (χ4v) is 8.49. The van der Waals surface area contributed by atoms with Crippen LogP contribution in [0.25, 0.3) is 0 Å². The zero-order valence-corrected chi connectivity index (χ0v) is 20.7. The zero-order valence-electron chi connectivity index (χ0n) is 27.9. The maximum Gasteiger partial charge on any atom is 0.266 e. The third-order valence-corrected chi connectivity index (χ3v) is 10.2. The molecular weight excluding hydrogens is 438 g/mol. The van der Waals surface area contributed by atoms with Crippen LogP contribution in [0, 0.1) is 46.3 Å². The Morgan fingerprint density at radius 1 is 1.15 bits per heavy atom. The van der Waals surface area contributed by atoms with E-state index in [4.69, 9.17) is 15.5 Å². The summed E-state index contributed by atoms with van der Waals surface area (Å²) in [6.07, 6.45) is -0.0864. The van der Waals surface area contributed by atoms with Crippen LogP contribution in [0.1, 0.15) is 102 Å². The summed E-state index contributed by atoms with van der Waals surface area (Å²) in [4.78, 5) is 12.5. The summed E-state index contributed by atoms with van der Waals surface area (Å²) in [7, 11) is -5.42. The monoisotopic (exact) mass is 491 g/mol. The number of carbonyl (C=O) groups is 1. The molecule has 190 valence electrons. The van der Waals surface area contributed by atoms with Gasteiger partial charge in [0.25, 0.3) is 10.1 Å². The lowest BCUT2D eigenvalue weighted by molar-refractivity contribution is -0.129. The predicted molar refractivity (Wildman–Crippen MR) is 129 cm³/mol. The molecule has 3 N–H and O–H groups in total. The maximum absolute atomic E-state index is 12.5. The van der Waals surface area contributed by atoms with E-state index in [-0.39, 0.29) is 36.0 Å². The summed E-state index contributed by atoms with van der Waals surface area (Å²) in [5, 5.41) is 12.4. The second kappa shape index (κ2) is 9.42. The number of aliphatic hydroxyl groups excluding tert-OH is 1.